The van der Waals surface area contributed by atoms with Gasteiger partial charge in [-0.15, -0.1) is 0 Å². The standard InChI is InChI=1S/C23H25F4N3O4.C12H9F4N3/c1-22(2,3)34-21(33)30-9-8-18(32)20(30)17(31)7-5-13-4-6-15(24)14(10-13)16-11-29-19(12-28-16)23(25,26)27;13-9-2-1-7(4-17)3-8(9)10-5-19-11(6-18-10)12(14,15)16/h4,6,10-12,18,20,32H,5,7-9H2,1-3H3;1-3,5-6H,4,17H2/t18-,20-;/m1./s1. The second-order valence-electron chi connectivity index (χ2n) is 12.8. The van der Waals surface area contributed by atoms with Crippen molar-refractivity contribution in [2.45, 2.75) is 76.7 Å². The molecule has 1 amide bonds. The van der Waals surface area contributed by atoms with Gasteiger partial charge in [0.25, 0.3) is 0 Å². The van der Waals surface area contributed by atoms with Crippen LogP contribution in [0.5, 0.6) is 0 Å². The van der Waals surface area contributed by atoms with Crippen molar-refractivity contribution >= 4 is 11.9 Å². The van der Waals surface area contributed by atoms with Crippen molar-refractivity contribution < 1.29 is 54.6 Å². The predicted molar refractivity (Wildman–Crippen MR) is 173 cm³/mol. The fraction of sp³-hybridized carbons (Fsp3) is 0.371. The van der Waals surface area contributed by atoms with Crippen LogP contribution in [0.2, 0.25) is 0 Å². The zero-order valence-electron chi connectivity index (χ0n) is 28.5. The van der Waals surface area contributed by atoms with Gasteiger partial charge in [0, 0.05) is 30.6 Å². The Balaban J connectivity index is 0.000000278. The van der Waals surface area contributed by atoms with Gasteiger partial charge in [0.1, 0.15) is 23.3 Å². The monoisotopic (exact) mass is 754 g/mol. The third-order valence-corrected chi connectivity index (χ3v) is 7.72. The summed E-state index contributed by atoms with van der Waals surface area (Å²) in [6, 6.07) is 7.04. The minimum atomic E-state index is -4.66. The van der Waals surface area contributed by atoms with Crippen molar-refractivity contribution in [2.75, 3.05) is 6.54 Å². The van der Waals surface area contributed by atoms with Crippen LogP contribution in [0.1, 0.15) is 56.1 Å². The molecule has 4 aromatic rings. The molecule has 1 aliphatic heterocycles. The Morgan fingerprint density at radius 3 is 1.74 bits per heavy atom. The van der Waals surface area contributed by atoms with E-state index in [1.165, 1.54) is 35.2 Å². The number of Topliss-reactive ketones (excluding diaryl/α,β-unsaturated/α-hetero) is 1. The minimum absolute atomic E-state index is 0.0285. The predicted octanol–water partition coefficient (Wildman–Crippen LogP) is 6.93. The number of aromatic nitrogens is 4. The number of rotatable bonds is 7. The van der Waals surface area contributed by atoms with Crippen LogP contribution >= 0.6 is 0 Å². The molecule has 2 atom stereocenters. The lowest BCUT2D eigenvalue weighted by Crippen LogP contribution is -2.47. The Morgan fingerprint density at radius 1 is 0.811 bits per heavy atom. The summed E-state index contributed by atoms with van der Waals surface area (Å²) in [6.07, 6.45) is -7.77. The van der Waals surface area contributed by atoms with Gasteiger partial charge in [-0.3, -0.25) is 19.7 Å². The van der Waals surface area contributed by atoms with E-state index in [1.54, 1.807) is 20.8 Å². The second kappa shape index (κ2) is 16.3. The minimum Gasteiger partial charge on any atom is -0.444 e. The number of ketones is 1. The quantitative estimate of drug-likeness (QED) is 0.192. The number of nitrogens with zero attached hydrogens (tertiary/aromatic N) is 5. The summed E-state index contributed by atoms with van der Waals surface area (Å²) >= 11 is 0. The number of aliphatic hydroxyl groups excluding tert-OH is 1. The lowest BCUT2D eigenvalue weighted by atomic mass is 9.98. The number of carbonyl (C=O) groups is 2. The number of likely N-dealkylation sites (tertiary alicyclic amines) is 1. The van der Waals surface area contributed by atoms with Crippen molar-refractivity contribution in [3.8, 4) is 22.5 Å². The van der Waals surface area contributed by atoms with Crippen molar-refractivity contribution in [1.29, 1.82) is 0 Å². The molecule has 18 heteroatoms. The van der Waals surface area contributed by atoms with Crippen LogP contribution in [0.4, 0.5) is 39.9 Å². The average molecular weight is 755 g/mol. The molecule has 0 bridgehead atoms. The van der Waals surface area contributed by atoms with Crippen molar-refractivity contribution in [3.63, 3.8) is 0 Å². The fourth-order valence-corrected chi connectivity index (χ4v) is 5.15. The van der Waals surface area contributed by atoms with Gasteiger partial charge in [0.15, 0.2) is 17.2 Å². The molecule has 284 valence electrons. The zero-order chi connectivity index (χ0) is 39.3. The van der Waals surface area contributed by atoms with Crippen LogP contribution in [0.15, 0.2) is 61.2 Å². The molecule has 2 aromatic carbocycles. The maximum absolute atomic E-state index is 14.3. The highest BCUT2D eigenvalue weighted by Gasteiger charge is 2.42. The lowest BCUT2D eigenvalue weighted by molar-refractivity contribution is -0.142. The van der Waals surface area contributed by atoms with Gasteiger partial charge >= 0.3 is 18.4 Å². The summed E-state index contributed by atoms with van der Waals surface area (Å²) in [4.78, 5) is 40.3. The van der Waals surface area contributed by atoms with Crippen molar-refractivity contribution in [3.05, 3.63) is 95.3 Å². The molecule has 1 aliphatic rings. The van der Waals surface area contributed by atoms with Crippen LogP contribution in [0, 0.1) is 11.6 Å². The number of ether oxygens (including phenoxy) is 1. The van der Waals surface area contributed by atoms with Gasteiger partial charge in [-0.1, -0.05) is 12.1 Å². The Hall–Kier alpha value is -5.10. The number of amides is 1. The number of carbonyl (C=O) groups excluding carboxylic acids is 2. The van der Waals surface area contributed by atoms with Gasteiger partial charge in [-0.05, 0) is 69.0 Å². The van der Waals surface area contributed by atoms with E-state index >= 15 is 0 Å². The van der Waals surface area contributed by atoms with E-state index in [9.17, 15) is 49.8 Å². The molecule has 0 saturated carbocycles. The van der Waals surface area contributed by atoms with E-state index in [1.807, 2.05) is 0 Å². The summed E-state index contributed by atoms with van der Waals surface area (Å²) in [5.41, 5.74) is 3.50. The molecular formula is C35H34F8N6O4. The maximum atomic E-state index is 14.3. The first-order valence-corrected chi connectivity index (χ1v) is 15.9. The van der Waals surface area contributed by atoms with Gasteiger partial charge in [-0.25, -0.2) is 23.5 Å². The summed E-state index contributed by atoms with van der Waals surface area (Å²) in [5.74, 6) is -1.67. The first-order chi connectivity index (χ1) is 24.7. The van der Waals surface area contributed by atoms with Gasteiger partial charge in [-0.2, -0.15) is 26.3 Å². The molecule has 0 radical (unpaired) electrons. The van der Waals surface area contributed by atoms with Crippen LogP contribution in [-0.4, -0.2) is 66.1 Å². The molecule has 2 aromatic heterocycles. The Bertz CT molecular complexity index is 1900. The van der Waals surface area contributed by atoms with E-state index in [0.717, 1.165) is 18.5 Å². The highest BCUT2D eigenvalue weighted by Crippen LogP contribution is 2.31. The van der Waals surface area contributed by atoms with E-state index in [-0.39, 0.29) is 60.6 Å². The molecule has 1 saturated heterocycles. The summed E-state index contributed by atoms with van der Waals surface area (Å²) in [7, 11) is 0. The molecule has 10 nitrogen and oxygen atoms in total. The number of alkyl halides is 6. The van der Waals surface area contributed by atoms with Gasteiger partial charge < -0.3 is 15.6 Å². The smallest absolute Gasteiger partial charge is 0.434 e. The SMILES string of the molecule is CC(C)(C)OC(=O)N1CC[C@@H](O)[C@H]1C(=O)CCc1ccc(F)c(-c2cnc(C(F)(F)F)cn2)c1.NCc1ccc(F)c(-c2cnc(C(F)(F)F)cn2)c1. The number of nitrogens with two attached hydrogens (primary N) is 1. The van der Waals surface area contributed by atoms with Crippen LogP contribution in [-0.2, 0) is 34.8 Å². The molecule has 0 unspecified atom stereocenters. The molecule has 1 fully saturated rings. The summed E-state index contributed by atoms with van der Waals surface area (Å²) < 4.78 is 108. The molecular weight excluding hydrogens is 720 g/mol. The van der Waals surface area contributed by atoms with Gasteiger partial charge in [0.05, 0.1) is 42.3 Å². The third kappa shape index (κ3) is 10.7. The Kier molecular flexibility index (Phi) is 12.5. The maximum Gasteiger partial charge on any atom is 0.434 e. The summed E-state index contributed by atoms with van der Waals surface area (Å²) in [6.45, 7) is 5.46. The molecule has 3 heterocycles. The zero-order valence-corrected chi connectivity index (χ0v) is 28.5. The third-order valence-electron chi connectivity index (χ3n) is 7.72. The van der Waals surface area contributed by atoms with Crippen LogP contribution in [0.25, 0.3) is 22.5 Å². The number of aryl methyl sites for hydroxylation is 1. The van der Waals surface area contributed by atoms with E-state index in [0.29, 0.717) is 23.5 Å². The highest BCUT2D eigenvalue weighted by atomic mass is 19.4. The van der Waals surface area contributed by atoms with Crippen LogP contribution in [0.3, 0.4) is 0 Å². The second-order valence-corrected chi connectivity index (χ2v) is 12.8. The number of benzene rings is 2. The molecule has 0 spiro atoms. The molecule has 5 rings (SSSR count). The molecule has 3 N–H and O–H groups in total. The van der Waals surface area contributed by atoms with E-state index < -0.39 is 59.2 Å². The first-order valence-electron chi connectivity index (χ1n) is 15.9. The Morgan fingerprint density at radius 2 is 1.30 bits per heavy atom. The normalized spacial score (nSPS) is 16.2. The number of hydrogen-bond acceptors (Lipinski definition) is 9. The lowest BCUT2D eigenvalue weighted by Gasteiger charge is -2.28. The van der Waals surface area contributed by atoms with E-state index in [2.05, 4.69) is 19.9 Å². The fourth-order valence-electron chi connectivity index (χ4n) is 5.15. The highest BCUT2D eigenvalue weighted by molar-refractivity contribution is 5.89. The van der Waals surface area contributed by atoms with Crippen LogP contribution < -0.4 is 5.73 Å². The molecule has 53 heavy (non-hydrogen) atoms. The van der Waals surface area contributed by atoms with Crippen molar-refractivity contribution in [1.82, 2.24) is 24.8 Å². The van der Waals surface area contributed by atoms with Crippen molar-refractivity contribution in [2.24, 2.45) is 5.73 Å². The number of halogens is 8. The number of hydrogen-bond donors (Lipinski definition) is 2. The Labute approximate surface area is 298 Å². The molecule has 0 aliphatic carbocycles. The topological polar surface area (TPSA) is 144 Å². The largest absolute Gasteiger partial charge is 0.444 e. The van der Waals surface area contributed by atoms with E-state index in [4.69, 9.17) is 10.5 Å². The first kappa shape index (κ1) is 40.7. The average Bonchev–Trinajstić information content (AvgIpc) is 3.48. The summed E-state index contributed by atoms with van der Waals surface area (Å²) in [5, 5.41) is 10.3. The number of aliphatic hydroxyl groups is 1. The van der Waals surface area contributed by atoms with Gasteiger partial charge in [0.2, 0.25) is 0 Å².